The number of hydrogen-bond donors (Lipinski definition) is 1. The van der Waals surface area contributed by atoms with Crippen molar-refractivity contribution < 1.29 is 35.9 Å². The van der Waals surface area contributed by atoms with Crippen LogP contribution in [0.25, 0.3) is 0 Å². The molecule has 0 aliphatic heterocycles. The summed E-state index contributed by atoms with van der Waals surface area (Å²) >= 11 is 0. The van der Waals surface area contributed by atoms with Gasteiger partial charge in [0.2, 0.25) is 10.0 Å². The van der Waals surface area contributed by atoms with Crippen LogP contribution in [0.1, 0.15) is 10.5 Å². The van der Waals surface area contributed by atoms with Gasteiger partial charge in [0, 0.05) is 13.3 Å². The van der Waals surface area contributed by atoms with Gasteiger partial charge in [-0.15, -0.1) is 0 Å². The van der Waals surface area contributed by atoms with Crippen molar-refractivity contribution in [3.8, 4) is 0 Å². The first-order valence-corrected chi connectivity index (χ1v) is 7.05. The minimum atomic E-state index is -4.64. The van der Waals surface area contributed by atoms with Crippen molar-refractivity contribution in [2.75, 3.05) is 20.3 Å². The SMILES string of the molecule is COCCOC(=O)c1cc(S(N)(=O)=O)cn1CC(F)(F)F. The highest BCUT2D eigenvalue weighted by atomic mass is 32.2. The van der Waals surface area contributed by atoms with Crippen LogP contribution in [0.15, 0.2) is 17.2 Å². The molecule has 1 rings (SSSR count). The number of sulfonamides is 1. The predicted octanol–water partition coefficient (Wildman–Crippen LogP) is 0.501. The maximum Gasteiger partial charge on any atom is 0.406 e. The molecular weight excluding hydrogens is 317 g/mol. The number of esters is 1. The number of halogens is 3. The molecule has 0 spiro atoms. The number of alkyl halides is 3. The number of methoxy groups -OCH3 is 1. The van der Waals surface area contributed by atoms with Crippen LogP contribution in [0, 0.1) is 0 Å². The number of hydrogen-bond acceptors (Lipinski definition) is 5. The largest absolute Gasteiger partial charge is 0.459 e. The van der Waals surface area contributed by atoms with Gasteiger partial charge < -0.3 is 14.0 Å². The molecule has 21 heavy (non-hydrogen) atoms. The molecule has 0 aliphatic rings. The summed E-state index contributed by atoms with van der Waals surface area (Å²) in [5, 5.41) is 4.83. The Bertz CT molecular complexity index is 609. The number of carbonyl (C=O) groups is 1. The van der Waals surface area contributed by atoms with Crippen molar-refractivity contribution in [1.82, 2.24) is 4.57 Å². The third-order valence-corrected chi connectivity index (χ3v) is 3.16. The highest BCUT2D eigenvalue weighted by Crippen LogP contribution is 2.22. The van der Waals surface area contributed by atoms with Gasteiger partial charge in [-0.05, 0) is 6.07 Å². The van der Waals surface area contributed by atoms with Crippen molar-refractivity contribution in [2.24, 2.45) is 5.14 Å². The van der Waals surface area contributed by atoms with Crippen molar-refractivity contribution in [2.45, 2.75) is 17.6 Å². The summed E-state index contributed by atoms with van der Waals surface area (Å²) < 4.78 is 69.3. The van der Waals surface area contributed by atoms with Crippen LogP contribution in [0.5, 0.6) is 0 Å². The number of carbonyl (C=O) groups excluding carboxylic acids is 1. The minimum absolute atomic E-state index is 0.0494. The molecule has 2 N–H and O–H groups in total. The molecule has 120 valence electrons. The molecule has 0 bridgehead atoms. The Kier molecular flexibility index (Phi) is 5.36. The monoisotopic (exact) mass is 330 g/mol. The summed E-state index contributed by atoms with van der Waals surface area (Å²) in [5.74, 6) is -1.11. The fourth-order valence-corrected chi connectivity index (χ4v) is 1.98. The second-order valence-corrected chi connectivity index (χ2v) is 5.54. The van der Waals surface area contributed by atoms with Gasteiger partial charge in [-0.2, -0.15) is 13.2 Å². The highest BCUT2D eigenvalue weighted by molar-refractivity contribution is 7.89. The van der Waals surface area contributed by atoms with E-state index in [1.165, 1.54) is 7.11 Å². The molecule has 0 saturated carbocycles. The Balaban J connectivity index is 3.09. The van der Waals surface area contributed by atoms with E-state index in [4.69, 9.17) is 5.14 Å². The zero-order valence-electron chi connectivity index (χ0n) is 10.9. The smallest absolute Gasteiger partial charge is 0.406 e. The quantitative estimate of drug-likeness (QED) is 0.605. The van der Waals surface area contributed by atoms with Gasteiger partial charge in [0.1, 0.15) is 23.7 Å². The van der Waals surface area contributed by atoms with Gasteiger partial charge in [0.05, 0.1) is 6.61 Å². The molecule has 11 heteroatoms. The summed E-state index contributed by atoms with van der Waals surface area (Å²) in [7, 11) is -2.89. The molecule has 0 atom stereocenters. The van der Waals surface area contributed by atoms with Crippen molar-refractivity contribution in [3.63, 3.8) is 0 Å². The number of primary sulfonamides is 1. The zero-order chi connectivity index (χ0) is 16.3. The molecule has 0 aliphatic carbocycles. The van der Waals surface area contributed by atoms with Crippen LogP contribution in [0.2, 0.25) is 0 Å². The average Bonchev–Trinajstić information content (AvgIpc) is 2.70. The van der Waals surface area contributed by atoms with Gasteiger partial charge in [-0.25, -0.2) is 18.4 Å². The van der Waals surface area contributed by atoms with Crippen LogP contribution < -0.4 is 5.14 Å². The van der Waals surface area contributed by atoms with E-state index in [1.54, 1.807) is 0 Å². The van der Waals surface area contributed by atoms with Crippen molar-refractivity contribution >= 4 is 16.0 Å². The molecule has 1 aromatic rings. The minimum Gasteiger partial charge on any atom is -0.459 e. The third-order valence-electron chi connectivity index (χ3n) is 2.28. The molecule has 0 unspecified atom stereocenters. The number of nitrogens with zero attached hydrogens (tertiary/aromatic N) is 1. The predicted molar refractivity (Wildman–Crippen MR) is 64.0 cm³/mol. The van der Waals surface area contributed by atoms with Crippen LogP contribution in [0.4, 0.5) is 13.2 Å². The van der Waals surface area contributed by atoms with Crippen LogP contribution in [0.3, 0.4) is 0 Å². The lowest BCUT2D eigenvalue weighted by Gasteiger charge is -2.11. The van der Waals surface area contributed by atoms with Crippen LogP contribution in [-0.4, -0.2) is 45.5 Å². The van der Waals surface area contributed by atoms with E-state index >= 15 is 0 Å². The lowest BCUT2D eigenvalue weighted by atomic mass is 10.4. The Labute approximate surface area is 118 Å². The molecule has 0 saturated heterocycles. The summed E-state index contributed by atoms with van der Waals surface area (Å²) in [4.78, 5) is 11.1. The van der Waals surface area contributed by atoms with Crippen molar-refractivity contribution in [1.29, 1.82) is 0 Å². The molecule has 7 nitrogen and oxygen atoms in total. The number of rotatable bonds is 6. The van der Waals surface area contributed by atoms with Crippen LogP contribution in [-0.2, 0) is 26.0 Å². The first-order chi connectivity index (χ1) is 9.54. The lowest BCUT2D eigenvalue weighted by Crippen LogP contribution is -2.21. The number of aromatic nitrogens is 1. The summed E-state index contributed by atoms with van der Waals surface area (Å²) in [6.45, 7) is -1.68. The Morgan fingerprint density at radius 3 is 2.48 bits per heavy atom. The van der Waals surface area contributed by atoms with E-state index in [-0.39, 0.29) is 13.2 Å². The molecule has 0 fully saturated rings. The molecule has 0 radical (unpaired) electrons. The average molecular weight is 330 g/mol. The Morgan fingerprint density at radius 2 is 2.00 bits per heavy atom. The van der Waals surface area contributed by atoms with Gasteiger partial charge in [-0.3, -0.25) is 0 Å². The van der Waals surface area contributed by atoms with Crippen LogP contribution >= 0.6 is 0 Å². The van der Waals surface area contributed by atoms with Gasteiger partial charge in [-0.1, -0.05) is 0 Å². The second kappa shape index (κ2) is 6.45. The van der Waals surface area contributed by atoms with E-state index in [1.807, 2.05) is 0 Å². The molecule has 0 amide bonds. The first-order valence-electron chi connectivity index (χ1n) is 5.50. The molecular formula is C10H13F3N2O5S. The summed E-state index contributed by atoms with van der Waals surface area (Å²) in [5.41, 5.74) is -0.563. The number of ether oxygens (including phenoxy) is 2. The van der Waals surface area contributed by atoms with E-state index in [0.29, 0.717) is 10.8 Å². The van der Waals surface area contributed by atoms with E-state index in [2.05, 4.69) is 9.47 Å². The lowest BCUT2D eigenvalue weighted by molar-refractivity contribution is -0.140. The second-order valence-electron chi connectivity index (χ2n) is 3.98. The molecule has 0 aromatic carbocycles. The Morgan fingerprint density at radius 1 is 1.38 bits per heavy atom. The van der Waals surface area contributed by atoms with Crippen molar-refractivity contribution in [3.05, 3.63) is 18.0 Å². The first kappa shape index (κ1) is 17.5. The topological polar surface area (TPSA) is 101 Å². The zero-order valence-corrected chi connectivity index (χ0v) is 11.7. The summed E-state index contributed by atoms with van der Waals surface area (Å²) in [6, 6.07) is 0.732. The number of nitrogens with two attached hydrogens (primary N) is 1. The maximum atomic E-state index is 12.4. The highest BCUT2D eigenvalue weighted by Gasteiger charge is 2.31. The Hall–Kier alpha value is -1.59. The normalized spacial score (nSPS) is 12.4. The van der Waals surface area contributed by atoms with Gasteiger partial charge >= 0.3 is 12.1 Å². The third kappa shape index (κ3) is 5.36. The van der Waals surface area contributed by atoms with E-state index < -0.39 is 39.3 Å². The molecule has 1 aromatic heterocycles. The standard InChI is InChI=1S/C10H13F3N2O5S/c1-19-2-3-20-9(16)8-4-7(21(14,17)18)5-15(8)6-10(11,12)13/h4-5H,2-3,6H2,1H3,(H2,14,17,18). The maximum absolute atomic E-state index is 12.4. The summed E-state index contributed by atoms with van der Waals surface area (Å²) in [6.07, 6.45) is -4.01. The fraction of sp³-hybridized carbons (Fsp3) is 0.500. The van der Waals surface area contributed by atoms with Gasteiger partial charge in [0.25, 0.3) is 0 Å². The van der Waals surface area contributed by atoms with E-state index in [9.17, 15) is 26.4 Å². The molecule has 1 heterocycles. The van der Waals surface area contributed by atoms with E-state index in [0.717, 1.165) is 6.07 Å². The van der Waals surface area contributed by atoms with Gasteiger partial charge in [0.15, 0.2) is 0 Å². The fourth-order valence-electron chi connectivity index (χ4n) is 1.43.